The van der Waals surface area contributed by atoms with Crippen LogP contribution in [-0.2, 0) is 5.41 Å². The van der Waals surface area contributed by atoms with Crippen LogP contribution in [0.3, 0.4) is 0 Å². The van der Waals surface area contributed by atoms with Crippen LogP contribution in [0.1, 0.15) is 19.4 Å². The van der Waals surface area contributed by atoms with Crippen molar-refractivity contribution in [2.75, 3.05) is 19.6 Å². The van der Waals surface area contributed by atoms with Gasteiger partial charge in [-0.3, -0.25) is 0 Å². The molecule has 1 rings (SSSR count). The monoisotopic (exact) mass is 244 g/mol. The number of hydrogen-bond donors (Lipinski definition) is 2. The maximum atomic E-state index is 13.0. The van der Waals surface area contributed by atoms with Gasteiger partial charge in [0.15, 0.2) is 0 Å². The molecule has 2 nitrogen and oxygen atoms in total. The van der Waals surface area contributed by atoms with Crippen molar-refractivity contribution in [3.05, 3.63) is 34.6 Å². The second kappa shape index (κ2) is 5.62. The van der Waals surface area contributed by atoms with Crippen molar-refractivity contribution in [3.8, 4) is 0 Å². The number of rotatable bonds is 5. The van der Waals surface area contributed by atoms with Crippen molar-refractivity contribution >= 4 is 11.6 Å². The van der Waals surface area contributed by atoms with Gasteiger partial charge in [0.05, 0.1) is 5.02 Å². The van der Waals surface area contributed by atoms with Crippen molar-refractivity contribution in [1.29, 1.82) is 0 Å². The molecule has 0 aliphatic heterocycles. The number of halogens is 2. The first-order valence-corrected chi connectivity index (χ1v) is 5.71. The molecular formula is C12H18ClFN2. The number of hydrogen-bond acceptors (Lipinski definition) is 2. The van der Waals surface area contributed by atoms with Crippen molar-refractivity contribution in [3.63, 3.8) is 0 Å². The van der Waals surface area contributed by atoms with Crippen molar-refractivity contribution in [2.24, 2.45) is 5.73 Å². The van der Waals surface area contributed by atoms with E-state index >= 15 is 0 Å². The molecule has 0 aliphatic carbocycles. The van der Waals surface area contributed by atoms with E-state index in [4.69, 9.17) is 17.3 Å². The molecule has 4 heteroatoms. The predicted molar refractivity (Wildman–Crippen MR) is 66.4 cm³/mol. The Morgan fingerprint density at radius 3 is 2.69 bits per heavy atom. The van der Waals surface area contributed by atoms with Gasteiger partial charge in [0.1, 0.15) is 5.82 Å². The Labute approximate surface area is 101 Å². The third-order valence-electron chi connectivity index (χ3n) is 2.59. The summed E-state index contributed by atoms with van der Waals surface area (Å²) >= 11 is 5.77. The Hall–Kier alpha value is -0.640. The molecule has 0 amide bonds. The fraction of sp³-hybridized carbons (Fsp3) is 0.500. The molecule has 0 heterocycles. The van der Waals surface area contributed by atoms with Crippen LogP contribution in [0.15, 0.2) is 18.2 Å². The summed E-state index contributed by atoms with van der Waals surface area (Å²) in [5.41, 5.74) is 6.33. The summed E-state index contributed by atoms with van der Waals surface area (Å²) in [6.07, 6.45) is 0. The van der Waals surface area contributed by atoms with Crippen molar-refractivity contribution in [1.82, 2.24) is 5.32 Å². The van der Waals surface area contributed by atoms with Gasteiger partial charge < -0.3 is 11.1 Å². The third kappa shape index (κ3) is 3.44. The average molecular weight is 245 g/mol. The summed E-state index contributed by atoms with van der Waals surface area (Å²) in [4.78, 5) is 0. The maximum absolute atomic E-state index is 13.0. The van der Waals surface area contributed by atoms with Crippen molar-refractivity contribution < 1.29 is 4.39 Å². The lowest BCUT2D eigenvalue weighted by atomic mass is 9.84. The molecule has 0 aliphatic rings. The quantitative estimate of drug-likeness (QED) is 0.780. The molecule has 1 aromatic carbocycles. The zero-order chi connectivity index (χ0) is 12.2. The summed E-state index contributed by atoms with van der Waals surface area (Å²) < 4.78 is 13.0. The van der Waals surface area contributed by atoms with Gasteiger partial charge in [0, 0.05) is 25.0 Å². The van der Waals surface area contributed by atoms with Gasteiger partial charge in [-0.05, 0) is 17.7 Å². The van der Waals surface area contributed by atoms with E-state index in [1.54, 1.807) is 12.1 Å². The first kappa shape index (κ1) is 13.4. The highest BCUT2D eigenvalue weighted by atomic mass is 35.5. The van der Waals surface area contributed by atoms with Gasteiger partial charge in [0.25, 0.3) is 0 Å². The molecule has 0 fully saturated rings. The van der Waals surface area contributed by atoms with Crippen LogP contribution in [-0.4, -0.2) is 19.6 Å². The van der Waals surface area contributed by atoms with Crippen LogP contribution in [0.25, 0.3) is 0 Å². The first-order chi connectivity index (χ1) is 7.47. The molecule has 0 bridgehead atoms. The summed E-state index contributed by atoms with van der Waals surface area (Å²) in [5.74, 6) is -0.379. The molecule has 0 atom stereocenters. The Balaban J connectivity index is 2.76. The second-order valence-electron chi connectivity index (χ2n) is 4.48. The lowest BCUT2D eigenvalue weighted by molar-refractivity contribution is 0.472. The van der Waals surface area contributed by atoms with Crippen LogP contribution in [0.2, 0.25) is 5.02 Å². The van der Waals surface area contributed by atoms with Gasteiger partial charge in [-0.1, -0.05) is 31.5 Å². The molecule has 1 aromatic rings. The molecule has 0 aromatic heterocycles. The summed E-state index contributed by atoms with van der Waals surface area (Å²) in [6, 6.07) is 4.86. The molecule has 90 valence electrons. The SMILES string of the molecule is CC(C)(CNCCN)c1ccc(F)c(Cl)c1. The Morgan fingerprint density at radius 1 is 1.44 bits per heavy atom. The van der Waals surface area contributed by atoms with Crippen LogP contribution in [0.5, 0.6) is 0 Å². The molecule has 16 heavy (non-hydrogen) atoms. The lowest BCUT2D eigenvalue weighted by Crippen LogP contribution is -2.35. The van der Waals surface area contributed by atoms with E-state index in [9.17, 15) is 4.39 Å². The van der Waals surface area contributed by atoms with E-state index in [1.807, 2.05) is 0 Å². The highest BCUT2D eigenvalue weighted by Crippen LogP contribution is 2.26. The van der Waals surface area contributed by atoms with Crippen LogP contribution >= 0.6 is 11.6 Å². The standard InChI is InChI=1S/C12H18ClFN2/c1-12(2,8-16-6-5-15)9-3-4-11(14)10(13)7-9/h3-4,7,16H,5-6,8,15H2,1-2H3. The highest BCUT2D eigenvalue weighted by molar-refractivity contribution is 6.30. The predicted octanol–water partition coefficient (Wildman–Crippen LogP) is 2.31. The van der Waals surface area contributed by atoms with Gasteiger partial charge in [-0.25, -0.2) is 4.39 Å². The molecule has 0 radical (unpaired) electrons. The smallest absolute Gasteiger partial charge is 0.141 e. The van der Waals surface area contributed by atoms with E-state index in [0.717, 1.165) is 18.7 Å². The maximum Gasteiger partial charge on any atom is 0.141 e. The van der Waals surface area contributed by atoms with E-state index in [1.165, 1.54) is 6.07 Å². The molecular weight excluding hydrogens is 227 g/mol. The second-order valence-corrected chi connectivity index (χ2v) is 4.89. The van der Waals surface area contributed by atoms with Crippen LogP contribution < -0.4 is 11.1 Å². The minimum Gasteiger partial charge on any atom is -0.329 e. The Bertz CT molecular complexity index is 353. The summed E-state index contributed by atoms with van der Waals surface area (Å²) in [5, 5.41) is 3.42. The fourth-order valence-corrected chi connectivity index (χ4v) is 1.70. The Kier molecular flexibility index (Phi) is 4.71. The number of nitrogens with one attached hydrogen (secondary N) is 1. The van der Waals surface area contributed by atoms with Crippen molar-refractivity contribution in [2.45, 2.75) is 19.3 Å². The molecule has 0 unspecified atom stereocenters. The van der Waals surface area contributed by atoms with E-state index in [0.29, 0.717) is 6.54 Å². The zero-order valence-electron chi connectivity index (χ0n) is 9.69. The van der Waals surface area contributed by atoms with E-state index in [-0.39, 0.29) is 16.3 Å². The molecule has 0 spiro atoms. The first-order valence-electron chi connectivity index (χ1n) is 5.33. The lowest BCUT2D eigenvalue weighted by Gasteiger charge is -2.26. The largest absolute Gasteiger partial charge is 0.329 e. The van der Waals surface area contributed by atoms with Gasteiger partial charge in [-0.2, -0.15) is 0 Å². The van der Waals surface area contributed by atoms with E-state index in [2.05, 4.69) is 19.2 Å². The molecule has 0 saturated carbocycles. The topological polar surface area (TPSA) is 38.0 Å². The molecule has 3 N–H and O–H groups in total. The minimum absolute atomic E-state index is 0.0908. The zero-order valence-corrected chi connectivity index (χ0v) is 10.4. The van der Waals surface area contributed by atoms with Gasteiger partial charge in [-0.15, -0.1) is 0 Å². The minimum atomic E-state index is -0.379. The Morgan fingerprint density at radius 2 is 2.12 bits per heavy atom. The number of benzene rings is 1. The average Bonchev–Trinajstić information content (AvgIpc) is 2.22. The molecule has 0 saturated heterocycles. The van der Waals surface area contributed by atoms with Crippen LogP contribution in [0.4, 0.5) is 4.39 Å². The van der Waals surface area contributed by atoms with E-state index < -0.39 is 0 Å². The highest BCUT2D eigenvalue weighted by Gasteiger charge is 2.20. The summed E-state index contributed by atoms with van der Waals surface area (Å²) in [7, 11) is 0. The summed E-state index contributed by atoms with van der Waals surface area (Å²) in [6.45, 7) is 6.34. The fourth-order valence-electron chi connectivity index (χ4n) is 1.52. The normalized spacial score (nSPS) is 11.8. The van der Waals surface area contributed by atoms with Crippen LogP contribution in [0, 0.1) is 5.82 Å². The third-order valence-corrected chi connectivity index (χ3v) is 2.88. The van der Waals surface area contributed by atoms with Gasteiger partial charge in [0.2, 0.25) is 0 Å². The van der Waals surface area contributed by atoms with Gasteiger partial charge >= 0.3 is 0 Å². The number of nitrogens with two attached hydrogens (primary N) is 1.